The summed E-state index contributed by atoms with van der Waals surface area (Å²) in [5.41, 5.74) is 6.28. The fourth-order valence-electron chi connectivity index (χ4n) is 1.28. The number of aromatic nitrogens is 2. The lowest BCUT2D eigenvalue weighted by Gasteiger charge is -2.00. The molecule has 1 heterocycles. The maximum absolute atomic E-state index is 12.1. The Morgan fingerprint density at radius 1 is 1.33 bits per heavy atom. The van der Waals surface area contributed by atoms with Crippen molar-refractivity contribution in [3.63, 3.8) is 0 Å². The summed E-state index contributed by atoms with van der Waals surface area (Å²) in [6, 6.07) is 4.49. The van der Waals surface area contributed by atoms with Crippen LogP contribution in [0.25, 0.3) is 11.5 Å². The zero-order chi connectivity index (χ0) is 13.3. The fourth-order valence-corrected chi connectivity index (χ4v) is 1.46. The van der Waals surface area contributed by atoms with Crippen molar-refractivity contribution in [2.45, 2.75) is 12.6 Å². The molecule has 0 aliphatic rings. The smallest absolute Gasteiger partial charge is 0.396 e. The molecule has 4 nitrogen and oxygen atoms in total. The molecule has 0 spiro atoms. The Hall–Kier alpha value is -1.76. The standard InChI is InChI=1S/C10H7ClF3N3O/c11-6-3-5(1-2-7(6)15)9-16-8(17-18-9)4-10(12,13)14/h1-3H,4,15H2. The van der Waals surface area contributed by atoms with Crippen LogP contribution in [0.15, 0.2) is 22.7 Å². The van der Waals surface area contributed by atoms with E-state index in [0.717, 1.165) is 0 Å². The minimum Gasteiger partial charge on any atom is -0.398 e. The van der Waals surface area contributed by atoms with Crippen LogP contribution in [0.5, 0.6) is 0 Å². The number of nitrogen functional groups attached to an aromatic ring is 1. The van der Waals surface area contributed by atoms with E-state index in [0.29, 0.717) is 11.3 Å². The first-order valence-corrected chi connectivity index (χ1v) is 5.18. The van der Waals surface area contributed by atoms with Crippen molar-refractivity contribution < 1.29 is 17.7 Å². The first kappa shape index (κ1) is 12.7. The summed E-state index contributed by atoms with van der Waals surface area (Å²) in [7, 11) is 0. The lowest BCUT2D eigenvalue weighted by Crippen LogP contribution is -2.12. The maximum Gasteiger partial charge on any atom is 0.396 e. The number of nitrogens with zero attached hydrogens (tertiary/aromatic N) is 2. The summed E-state index contributed by atoms with van der Waals surface area (Å²) < 4.78 is 41.1. The summed E-state index contributed by atoms with van der Waals surface area (Å²) in [6.07, 6.45) is -5.61. The second kappa shape index (κ2) is 4.49. The quantitative estimate of drug-likeness (QED) is 0.857. The van der Waals surface area contributed by atoms with Crippen LogP contribution in [-0.2, 0) is 6.42 Å². The van der Waals surface area contributed by atoms with Gasteiger partial charge in [0.2, 0.25) is 0 Å². The predicted octanol–water partition coefficient (Wildman–Crippen LogP) is 3.08. The van der Waals surface area contributed by atoms with Crippen molar-refractivity contribution in [3.05, 3.63) is 29.0 Å². The number of hydrogen-bond donors (Lipinski definition) is 1. The first-order chi connectivity index (χ1) is 8.35. The number of nitrogens with two attached hydrogens (primary N) is 1. The topological polar surface area (TPSA) is 64.9 Å². The minimum atomic E-state index is -4.38. The van der Waals surface area contributed by atoms with Gasteiger partial charge in [-0.1, -0.05) is 16.8 Å². The molecule has 18 heavy (non-hydrogen) atoms. The minimum absolute atomic E-state index is 0.0313. The Balaban J connectivity index is 2.26. The van der Waals surface area contributed by atoms with Gasteiger partial charge in [-0.2, -0.15) is 18.2 Å². The van der Waals surface area contributed by atoms with Gasteiger partial charge >= 0.3 is 6.18 Å². The molecule has 0 atom stereocenters. The lowest BCUT2D eigenvalue weighted by molar-refractivity contribution is -0.128. The van der Waals surface area contributed by atoms with E-state index >= 15 is 0 Å². The molecule has 2 aromatic rings. The van der Waals surface area contributed by atoms with Gasteiger partial charge in [-0.25, -0.2) is 0 Å². The molecule has 1 aromatic heterocycles. The van der Waals surface area contributed by atoms with Crippen molar-refractivity contribution in [3.8, 4) is 11.5 Å². The van der Waals surface area contributed by atoms with Crippen molar-refractivity contribution in [1.29, 1.82) is 0 Å². The zero-order valence-electron chi connectivity index (χ0n) is 8.83. The van der Waals surface area contributed by atoms with Crippen molar-refractivity contribution in [2.75, 3.05) is 5.73 Å². The van der Waals surface area contributed by atoms with Crippen molar-refractivity contribution in [2.24, 2.45) is 0 Å². The van der Waals surface area contributed by atoms with Crippen LogP contribution in [0.4, 0.5) is 18.9 Å². The molecule has 0 aliphatic carbocycles. The summed E-state index contributed by atoms with van der Waals surface area (Å²) in [6.45, 7) is 0. The Morgan fingerprint density at radius 3 is 2.67 bits per heavy atom. The van der Waals surface area contributed by atoms with Crippen LogP contribution in [0, 0.1) is 0 Å². The van der Waals surface area contributed by atoms with Crippen LogP contribution in [-0.4, -0.2) is 16.3 Å². The number of alkyl halides is 3. The zero-order valence-corrected chi connectivity index (χ0v) is 9.59. The van der Waals surface area contributed by atoms with E-state index in [1.54, 1.807) is 0 Å². The van der Waals surface area contributed by atoms with Crippen LogP contribution < -0.4 is 5.73 Å². The second-order valence-electron chi connectivity index (χ2n) is 3.54. The third-order valence-electron chi connectivity index (χ3n) is 2.07. The van der Waals surface area contributed by atoms with Gasteiger partial charge in [-0.05, 0) is 18.2 Å². The average Bonchev–Trinajstić information content (AvgIpc) is 2.68. The molecule has 1 aromatic carbocycles. The summed E-state index contributed by atoms with van der Waals surface area (Å²) >= 11 is 5.78. The molecule has 0 bridgehead atoms. The van der Waals surface area contributed by atoms with E-state index in [1.165, 1.54) is 18.2 Å². The molecule has 0 saturated heterocycles. The molecule has 0 fully saturated rings. The maximum atomic E-state index is 12.1. The molecule has 0 aliphatic heterocycles. The van der Waals surface area contributed by atoms with E-state index in [-0.39, 0.29) is 10.9 Å². The van der Waals surface area contributed by atoms with E-state index in [2.05, 4.69) is 10.1 Å². The normalized spacial score (nSPS) is 11.8. The van der Waals surface area contributed by atoms with Gasteiger partial charge in [-0.3, -0.25) is 0 Å². The van der Waals surface area contributed by atoms with E-state index in [4.69, 9.17) is 21.9 Å². The summed E-state index contributed by atoms with van der Waals surface area (Å²) in [4.78, 5) is 3.64. The Kier molecular flexibility index (Phi) is 3.16. The molecular weight excluding hydrogens is 271 g/mol. The highest BCUT2D eigenvalue weighted by Crippen LogP contribution is 2.27. The van der Waals surface area contributed by atoms with Crippen molar-refractivity contribution in [1.82, 2.24) is 10.1 Å². The van der Waals surface area contributed by atoms with Gasteiger partial charge in [-0.15, -0.1) is 0 Å². The largest absolute Gasteiger partial charge is 0.398 e. The Morgan fingerprint density at radius 2 is 2.06 bits per heavy atom. The summed E-state index contributed by atoms with van der Waals surface area (Å²) in [5.74, 6) is -0.457. The SMILES string of the molecule is Nc1ccc(-c2nc(CC(F)(F)F)no2)cc1Cl. The van der Waals surface area contributed by atoms with Crippen LogP contribution in [0.3, 0.4) is 0 Å². The Bertz CT molecular complexity index is 568. The molecule has 0 amide bonds. The molecule has 96 valence electrons. The van der Waals surface area contributed by atoms with Gasteiger partial charge in [0.25, 0.3) is 5.89 Å². The Labute approximate surface area is 105 Å². The van der Waals surface area contributed by atoms with E-state index in [1.807, 2.05) is 0 Å². The molecule has 0 radical (unpaired) electrons. The van der Waals surface area contributed by atoms with Crippen LogP contribution >= 0.6 is 11.6 Å². The van der Waals surface area contributed by atoms with Crippen molar-refractivity contribution >= 4 is 17.3 Å². The highest BCUT2D eigenvalue weighted by molar-refractivity contribution is 6.33. The molecular formula is C10H7ClF3N3O. The first-order valence-electron chi connectivity index (χ1n) is 4.80. The average molecular weight is 278 g/mol. The predicted molar refractivity (Wildman–Crippen MR) is 58.9 cm³/mol. The highest BCUT2D eigenvalue weighted by atomic mass is 35.5. The van der Waals surface area contributed by atoms with Gasteiger partial charge in [0.05, 0.1) is 10.7 Å². The number of anilines is 1. The molecule has 8 heteroatoms. The second-order valence-corrected chi connectivity index (χ2v) is 3.95. The fraction of sp³-hybridized carbons (Fsp3) is 0.200. The molecule has 0 saturated carbocycles. The number of halogens is 4. The van der Waals surface area contributed by atoms with Gasteiger partial charge in [0.15, 0.2) is 5.82 Å². The molecule has 2 rings (SSSR count). The van der Waals surface area contributed by atoms with E-state index < -0.39 is 18.4 Å². The van der Waals surface area contributed by atoms with Gasteiger partial charge in [0, 0.05) is 5.56 Å². The number of rotatable bonds is 2. The molecule has 2 N–H and O–H groups in total. The summed E-state index contributed by atoms with van der Waals surface area (Å²) in [5, 5.41) is 3.52. The lowest BCUT2D eigenvalue weighted by atomic mass is 10.2. The number of hydrogen-bond acceptors (Lipinski definition) is 4. The van der Waals surface area contributed by atoms with E-state index in [9.17, 15) is 13.2 Å². The van der Waals surface area contributed by atoms with Crippen LogP contribution in [0.2, 0.25) is 5.02 Å². The third-order valence-corrected chi connectivity index (χ3v) is 2.40. The van der Waals surface area contributed by atoms with Crippen LogP contribution in [0.1, 0.15) is 5.82 Å². The highest BCUT2D eigenvalue weighted by Gasteiger charge is 2.30. The third kappa shape index (κ3) is 2.92. The molecule has 0 unspecified atom stereocenters. The van der Waals surface area contributed by atoms with Gasteiger partial charge < -0.3 is 10.3 Å². The monoisotopic (exact) mass is 277 g/mol. The number of benzene rings is 1. The van der Waals surface area contributed by atoms with Gasteiger partial charge in [0.1, 0.15) is 6.42 Å².